The molecule has 4 fully saturated rings. The SMILES string of the molecule is Cc1[nH]c(=O)c(CN)cc1C12CC3CC(CC(C3)C1)C2. The summed E-state index contributed by atoms with van der Waals surface area (Å²) in [4.78, 5) is 15.0. The normalized spacial score (nSPS) is 38.4. The van der Waals surface area contributed by atoms with E-state index in [-0.39, 0.29) is 5.56 Å². The Bertz CT molecular complexity index is 566. The second-order valence-electron chi connectivity index (χ2n) is 7.56. The van der Waals surface area contributed by atoms with Crippen LogP contribution in [0.15, 0.2) is 10.9 Å². The average molecular weight is 272 g/mol. The molecule has 3 heteroatoms. The van der Waals surface area contributed by atoms with E-state index in [2.05, 4.69) is 18.0 Å². The standard InChI is InChI=1S/C17H24N2O/c1-10-15(5-14(9-18)16(20)19-10)17-6-11-2-12(7-17)4-13(3-11)8-17/h5,11-13H,2-4,6-9,18H2,1H3,(H,19,20). The van der Waals surface area contributed by atoms with Gasteiger partial charge in [-0.25, -0.2) is 0 Å². The van der Waals surface area contributed by atoms with Crippen molar-refractivity contribution in [3.05, 3.63) is 33.2 Å². The summed E-state index contributed by atoms with van der Waals surface area (Å²) in [5.74, 6) is 2.77. The molecule has 4 saturated carbocycles. The molecule has 5 rings (SSSR count). The monoisotopic (exact) mass is 272 g/mol. The molecule has 3 N–H and O–H groups in total. The topological polar surface area (TPSA) is 58.9 Å². The Labute approximate surface area is 120 Å². The van der Waals surface area contributed by atoms with E-state index in [0.29, 0.717) is 12.0 Å². The first kappa shape index (κ1) is 12.6. The summed E-state index contributed by atoms with van der Waals surface area (Å²) in [5, 5.41) is 0. The highest BCUT2D eigenvalue weighted by molar-refractivity contribution is 5.35. The lowest BCUT2D eigenvalue weighted by Crippen LogP contribution is -2.49. The Hall–Kier alpha value is -1.09. The Morgan fingerprint density at radius 3 is 2.25 bits per heavy atom. The molecule has 4 bridgehead atoms. The van der Waals surface area contributed by atoms with E-state index in [1.807, 2.05) is 0 Å². The number of aromatic amines is 1. The molecule has 0 atom stereocenters. The summed E-state index contributed by atoms with van der Waals surface area (Å²) in [6, 6.07) is 2.13. The van der Waals surface area contributed by atoms with E-state index in [1.165, 1.54) is 44.1 Å². The molecule has 108 valence electrons. The minimum absolute atomic E-state index is 0.00141. The van der Waals surface area contributed by atoms with Crippen LogP contribution in [0, 0.1) is 24.7 Å². The quantitative estimate of drug-likeness (QED) is 0.869. The van der Waals surface area contributed by atoms with Crippen LogP contribution in [-0.2, 0) is 12.0 Å². The van der Waals surface area contributed by atoms with Crippen LogP contribution in [0.4, 0.5) is 0 Å². The molecule has 4 aliphatic carbocycles. The van der Waals surface area contributed by atoms with Gasteiger partial charge < -0.3 is 10.7 Å². The maximum Gasteiger partial charge on any atom is 0.252 e. The van der Waals surface area contributed by atoms with E-state index in [9.17, 15) is 4.79 Å². The molecular formula is C17H24N2O. The van der Waals surface area contributed by atoms with Crippen molar-refractivity contribution >= 4 is 0 Å². The summed E-state index contributed by atoms with van der Waals surface area (Å²) in [6.45, 7) is 2.41. The lowest BCUT2D eigenvalue weighted by molar-refractivity contribution is -0.00569. The molecule has 0 saturated heterocycles. The van der Waals surface area contributed by atoms with Crippen LogP contribution in [0.2, 0.25) is 0 Å². The fourth-order valence-corrected chi connectivity index (χ4v) is 5.81. The second kappa shape index (κ2) is 4.20. The third-order valence-corrected chi connectivity index (χ3v) is 6.14. The van der Waals surface area contributed by atoms with Gasteiger partial charge in [-0.05, 0) is 80.2 Å². The van der Waals surface area contributed by atoms with E-state index < -0.39 is 0 Å². The van der Waals surface area contributed by atoms with Gasteiger partial charge in [0.05, 0.1) is 0 Å². The number of aromatic nitrogens is 1. The van der Waals surface area contributed by atoms with Gasteiger partial charge >= 0.3 is 0 Å². The zero-order chi connectivity index (χ0) is 13.9. The fraction of sp³-hybridized carbons (Fsp3) is 0.706. The third-order valence-electron chi connectivity index (χ3n) is 6.14. The maximum atomic E-state index is 11.9. The smallest absolute Gasteiger partial charge is 0.252 e. The van der Waals surface area contributed by atoms with Gasteiger partial charge in [0.1, 0.15) is 0 Å². The Balaban J connectivity index is 1.82. The molecule has 0 unspecified atom stereocenters. The predicted molar refractivity (Wildman–Crippen MR) is 79.5 cm³/mol. The summed E-state index contributed by atoms with van der Waals surface area (Å²) in [6.07, 6.45) is 8.34. The third kappa shape index (κ3) is 1.72. The number of nitrogens with two attached hydrogens (primary N) is 1. The van der Waals surface area contributed by atoms with Crippen molar-refractivity contribution in [3.8, 4) is 0 Å². The molecule has 20 heavy (non-hydrogen) atoms. The van der Waals surface area contributed by atoms with Crippen LogP contribution in [0.3, 0.4) is 0 Å². The van der Waals surface area contributed by atoms with Gasteiger partial charge in [-0.2, -0.15) is 0 Å². The Kier molecular flexibility index (Phi) is 2.65. The second-order valence-corrected chi connectivity index (χ2v) is 7.56. The van der Waals surface area contributed by atoms with Crippen LogP contribution >= 0.6 is 0 Å². The Morgan fingerprint density at radius 1 is 1.20 bits per heavy atom. The van der Waals surface area contributed by atoms with Crippen LogP contribution in [0.5, 0.6) is 0 Å². The molecule has 1 aromatic rings. The van der Waals surface area contributed by atoms with Crippen molar-refractivity contribution in [1.29, 1.82) is 0 Å². The number of nitrogens with one attached hydrogen (secondary N) is 1. The number of hydrogen-bond donors (Lipinski definition) is 2. The number of pyridine rings is 1. The van der Waals surface area contributed by atoms with Gasteiger partial charge in [-0.1, -0.05) is 0 Å². The van der Waals surface area contributed by atoms with Crippen LogP contribution in [0.25, 0.3) is 0 Å². The lowest BCUT2D eigenvalue weighted by atomic mass is 9.48. The van der Waals surface area contributed by atoms with Gasteiger partial charge in [0, 0.05) is 17.8 Å². The molecule has 1 heterocycles. The summed E-state index contributed by atoms with van der Waals surface area (Å²) < 4.78 is 0. The number of aryl methyl sites for hydroxylation is 1. The summed E-state index contributed by atoms with van der Waals surface area (Å²) in [7, 11) is 0. The zero-order valence-electron chi connectivity index (χ0n) is 12.2. The van der Waals surface area contributed by atoms with Gasteiger partial charge in [0.2, 0.25) is 0 Å². The number of rotatable bonds is 2. The molecule has 3 nitrogen and oxygen atoms in total. The van der Waals surface area contributed by atoms with E-state index in [0.717, 1.165) is 29.0 Å². The molecule has 0 spiro atoms. The number of H-pyrrole nitrogens is 1. The first-order valence-corrected chi connectivity index (χ1v) is 8.03. The van der Waals surface area contributed by atoms with Gasteiger partial charge in [0.25, 0.3) is 5.56 Å². The van der Waals surface area contributed by atoms with Crippen molar-refractivity contribution in [3.63, 3.8) is 0 Å². The number of hydrogen-bond acceptors (Lipinski definition) is 2. The van der Waals surface area contributed by atoms with Crippen molar-refractivity contribution in [2.24, 2.45) is 23.5 Å². The predicted octanol–water partition coefficient (Wildman–Crippen LogP) is 2.61. The van der Waals surface area contributed by atoms with E-state index in [4.69, 9.17) is 5.73 Å². The van der Waals surface area contributed by atoms with E-state index in [1.54, 1.807) is 0 Å². The first-order chi connectivity index (χ1) is 9.59. The zero-order valence-corrected chi connectivity index (χ0v) is 12.2. The largest absolute Gasteiger partial charge is 0.326 e. The van der Waals surface area contributed by atoms with Crippen LogP contribution in [-0.4, -0.2) is 4.98 Å². The molecule has 4 aliphatic rings. The van der Waals surface area contributed by atoms with Gasteiger partial charge in [0.15, 0.2) is 0 Å². The fourth-order valence-electron chi connectivity index (χ4n) is 5.81. The summed E-state index contributed by atoms with van der Waals surface area (Å²) in [5.41, 5.74) is 9.31. The van der Waals surface area contributed by atoms with Crippen molar-refractivity contribution in [2.45, 2.75) is 57.4 Å². The average Bonchev–Trinajstić information content (AvgIpc) is 2.36. The molecule has 0 amide bonds. The molecule has 0 aliphatic heterocycles. The molecule has 0 radical (unpaired) electrons. The molecular weight excluding hydrogens is 248 g/mol. The van der Waals surface area contributed by atoms with Crippen LogP contribution in [0.1, 0.15) is 55.3 Å². The minimum atomic E-state index is -0.00141. The van der Waals surface area contributed by atoms with Crippen LogP contribution < -0.4 is 11.3 Å². The lowest BCUT2D eigenvalue weighted by Gasteiger charge is -2.57. The summed E-state index contributed by atoms with van der Waals surface area (Å²) >= 11 is 0. The molecule has 1 aromatic heterocycles. The highest BCUT2D eigenvalue weighted by Gasteiger charge is 2.52. The van der Waals surface area contributed by atoms with Crippen molar-refractivity contribution < 1.29 is 0 Å². The molecule has 0 aromatic carbocycles. The highest BCUT2D eigenvalue weighted by Crippen LogP contribution is 2.60. The van der Waals surface area contributed by atoms with Crippen molar-refractivity contribution in [2.75, 3.05) is 0 Å². The van der Waals surface area contributed by atoms with Gasteiger partial charge in [-0.3, -0.25) is 4.79 Å². The first-order valence-electron chi connectivity index (χ1n) is 8.03. The van der Waals surface area contributed by atoms with Gasteiger partial charge in [-0.15, -0.1) is 0 Å². The maximum absolute atomic E-state index is 11.9. The highest BCUT2D eigenvalue weighted by atomic mass is 16.1. The van der Waals surface area contributed by atoms with Crippen molar-refractivity contribution in [1.82, 2.24) is 4.98 Å². The van der Waals surface area contributed by atoms with E-state index >= 15 is 0 Å². The minimum Gasteiger partial charge on any atom is -0.326 e. The Morgan fingerprint density at radius 2 is 1.75 bits per heavy atom.